The van der Waals surface area contributed by atoms with Crippen molar-refractivity contribution in [3.05, 3.63) is 60.3 Å². The number of benzene rings is 1. The lowest BCUT2D eigenvalue weighted by Crippen LogP contribution is -2.33. The molecule has 1 aromatic carbocycles. The van der Waals surface area contributed by atoms with Crippen molar-refractivity contribution in [3.63, 3.8) is 0 Å². The van der Waals surface area contributed by atoms with Crippen molar-refractivity contribution < 1.29 is 32.9 Å². The Morgan fingerprint density at radius 3 is 2.82 bits per heavy atom. The Hall–Kier alpha value is -4.19. The topological polar surface area (TPSA) is 117 Å². The predicted molar refractivity (Wildman–Crippen MR) is 135 cm³/mol. The van der Waals surface area contributed by atoms with Gasteiger partial charge in [-0.2, -0.15) is 5.10 Å². The zero-order valence-corrected chi connectivity index (χ0v) is 21.4. The molecule has 2 amide bonds. The van der Waals surface area contributed by atoms with Crippen LogP contribution < -0.4 is 19.5 Å². The van der Waals surface area contributed by atoms with Crippen molar-refractivity contribution in [2.45, 2.75) is 32.1 Å². The highest BCUT2D eigenvalue weighted by molar-refractivity contribution is 5.94. The number of nitrogens with zero attached hydrogens (tertiary/aromatic N) is 4. The van der Waals surface area contributed by atoms with Gasteiger partial charge in [0.15, 0.2) is 11.6 Å². The molecule has 11 nitrogen and oxygen atoms in total. The molecule has 12 heteroatoms. The van der Waals surface area contributed by atoms with Crippen molar-refractivity contribution in [3.8, 4) is 17.4 Å². The maximum absolute atomic E-state index is 14.0. The third kappa shape index (κ3) is 7.19. The third-order valence-corrected chi connectivity index (χ3v) is 5.89. The molecule has 4 rings (SSSR count). The average Bonchev–Trinajstić information content (AvgIpc) is 3.56. The van der Waals surface area contributed by atoms with Crippen molar-refractivity contribution in [2.75, 3.05) is 39.2 Å². The van der Waals surface area contributed by atoms with E-state index in [0.717, 1.165) is 17.5 Å². The molecule has 1 N–H and O–H groups in total. The molecule has 1 aliphatic heterocycles. The number of nitrogens with one attached hydrogen (secondary N) is 1. The maximum atomic E-state index is 14.0. The first-order valence-corrected chi connectivity index (χ1v) is 12.0. The second-order valence-electron chi connectivity index (χ2n) is 8.85. The number of methoxy groups -OCH3 is 1. The molecule has 1 aliphatic rings. The summed E-state index contributed by atoms with van der Waals surface area (Å²) in [5.74, 6) is -0.239. The maximum Gasteiger partial charge on any atom is 0.253 e. The largest absolute Gasteiger partial charge is 0.492 e. The van der Waals surface area contributed by atoms with Gasteiger partial charge in [-0.25, -0.2) is 9.37 Å². The number of aryl methyl sites for hydroxylation is 1. The van der Waals surface area contributed by atoms with Gasteiger partial charge in [-0.05, 0) is 19.1 Å². The number of anilines is 1. The van der Waals surface area contributed by atoms with Gasteiger partial charge in [0.1, 0.15) is 31.1 Å². The molecule has 0 bridgehead atoms. The molecule has 2 atom stereocenters. The quantitative estimate of drug-likeness (QED) is 0.404. The Balaban J connectivity index is 1.20. The summed E-state index contributed by atoms with van der Waals surface area (Å²) >= 11 is 0. The second-order valence-corrected chi connectivity index (χ2v) is 8.85. The van der Waals surface area contributed by atoms with Gasteiger partial charge >= 0.3 is 0 Å². The van der Waals surface area contributed by atoms with Crippen LogP contribution in [0.5, 0.6) is 17.4 Å². The van der Waals surface area contributed by atoms with Crippen LogP contribution in [-0.4, -0.2) is 77.6 Å². The van der Waals surface area contributed by atoms with Crippen LogP contribution in [0.2, 0.25) is 0 Å². The van der Waals surface area contributed by atoms with E-state index in [1.54, 1.807) is 18.1 Å². The molecule has 0 saturated carbocycles. The fourth-order valence-electron chi connectivity index (χ4n) is 3.70. The lowest BCUT2D eigenvalue weighted by molar-refractivity contribution is -0.131. The molecule has 3 aromatic rings. The molecule has 0 radical (unpaired) electrons. The number of hydrogen-bond donors (Lipinski definition) is 1. The number of aromatic nitrogens is 3. The highest BCUT2D eigenvalue weighted by Crippen LogP contribution is 2.26. The lowest BCUT2D eigenvalue weighted by Gasteiger charge is -2.17. The fraction of sp³-hybridized carbons (Fsp3) is 0.385. The van der Waals surface area contributed by atoms with E-state index in [1.807, 2.05) is 31.2 Å². The van der Waals surface area contributed by atoms with Crippen LogP contribution in [0.15, 0.2) is 48.9 Å². The van der Waals surface area contributed by atoms with Gasteiger partial charge in [0.05, 0.1) is 38.3 Å². The third-order valence-electron chi connectivity index (χ3n) is 5.89. The summed E-state index contributed by atoms with van der Waals surface area (Å²) in [7, 11) is 3.11. The first-order valence-electron chi connectivity index (χ1n) is 12.0. The van der Waals surface area contributed by atoms with E-state index in [1.165, 1.54) is 24.1 Å². The Kier molecular flexibility index (Phi) is 8.74. The minimum absolute atomic E-state index is 0.00764. The van der Waals surface area contributed by atoms with Crippen LogP contribution in [0.1, 0.15) is 12.0 Å². The highest BCUT2D eigenvalue weighted by Gasteiger charge is 2.33. The van der Waals surface area contributed by atoms with E-state index in [0.29, 0.717) is 18.8 Å². The minimum atomic E-state index is -0.781. The van der Waals surface area contributed by atoms with Crippen molar-refractivity contribution >= 4 is 17.5 Å². The predicted octanol–water partition coefficient (Wildman–Crippen LogP) is 2.45. The van der Waals surface area contributed by atoms with E-state index in [9.17, 15) is 14.0 Å². The van der Waals surface area contributed by atoms with E-state index in [2.05, 4.69) is 15.4 Å². The normalized spacial score (nSPS) is 16.6. The Morgan fingerprint density at radius 2 is 2.05 bits per heavy atom. The number of amides is 2. The molecular weight excluding hydrogens is 497 g/mol. The molecule has 0 aliphatic carbocycles. The Morgan fingerprint density at radius 1 is 1.26 bits per heavy atom. The van der Waals surface area contributed by atoms with Gasteiger partial charge in [-0.3, -0.25) is 14.3 Å². The molecule has 1 saturated heterocycles. The number of ether oxygens (including phenoxy) is 4. The molecule has 0 spiro atoms. The summed E-state index contributed by atoms with van der Waals surface area (Å²) in [4.78, 5) is 30.5. The lowest BCUT2D eigenvalue weighted by atomic mass is 10.2. The Labute approximate surface area is 219 Å². The standard InChI is InChI=1S/C26H30FN5O6/c1-17-4-6-19(7-5-17)36-9-8-31(2)25(33)15-32-14-18(12-29-32)30-26(34)23-10-20(16-37-23)38-22-11-24(35-3)28-13-21(22)27/h4-7,11-14,20,23H,8-10,15-16H2,1-3H3,(H,30,34)/t20-,23+/m0/s1. The number of carbonyl (C=O) groups excluding carboxylic acids is 2. The van der Waals surface area contributed by atoms with Crippen LogP contribution >= 0.6 is 0 Å². The summed E-state index contributed by atoms with van der Waals surface area (Å²) in [6, 6.07) is 9.04. The highest BCUT2D eigenvalue weighted by atomic mass is 19.1. The van der Waals surface area contributed by atoms with Crippen molar-refractivity contribution in [2.24, 2.45) is 0 Å². The minimum Gasteiger partial charge on any atom is -0.492 e. The van der Waals surface area contributed by atoms with E-state index < -0.39 is 18.0 Å². The molecule has 0 unspecified atom stereocenters. The molecule has 3 heterocycles. The van der Waals surface area contributed by atoms with Gasteiger partial charge in [0, 0.05) is 25.7 Å². The molecule has 1 fully saturated rings. The molecular formula is C26H30FN5O6. The van der Waals surface area contributed by atoms with Crippen LogP contribution in [0.25, 0.3) is 0 Å². The number of carbonyl (C=O) groups is 2. The summed E-state index contributed by atoms with van der Waals surface area (Å²) in [6.07, 6.45) is 2.96. The molecule has 38 heavy (non-hydrogen) atoms. The smallest absolute Gasteiger partial charge is 0.253 e. The fourth-order valence-corrected chi connectivity index (χ4v) is 3.70. The SMILES string of the molecule is COc1cc(O[C@@H]2CO[C@@H](C(=O)Nc3cnn(CC(=O)N(C)CCOc4ccc(C)cc4)c3)C2)c(F)cn1. The summed E-state index contributed by atoms with van der Waals surface area (Å²) in [5.41, 5.74) is 1.57. The van der Waals surface area contributed by atoms with Gasteiger partial charge in [0.2, 0.25) is 11.8 Å². The second kappa shape index (κ2) is 12.4. The number of pyridine rings is 1. The van der Waals surface area contributed by atoms with Crippen LogP contribution in [-0.2, 0) is 20.9 Å². The van der Waals surface area contributed by atoms with Crippen LogP contribution in [0.3, 0.4) is 0 Å². The monoisotopic (exact) mass is 527 g/mol. The van der Waals surface area contributed by atoms with Crippen molar-refractivity contribution in [1.82, 2.24) is 19.7 Å². The van der Waals surface area contributed by atoms with Gasteiger partial charge in [-0.15, -0.1) is 0 Å². The first-order chi connectivity index (χ1) is 18.3. The number of likely N-dealkylation sites (N-methyl/N-ethyl adjacent to an activating group) is 1. The average molecular weight is 528 g/mol. The van der Waals surface area contributed by atoms with Gasteiger partial charge in [0.25, 0.3) is 5.91 Å². The zero-order valence-electron chi connectivity index (χ0n) is 21.4. The van der Waals surface area contributed by atoms with E-state index in [4.69, 9.17) is 18.9 Å². The summed E-state index contributed by atoms with van der Waals surface area (Å²) < 4.78 is 37.3. The van der Waals surface area contributed by atoms with Crippen LogP contribution in [0.4, 0.5) is 10.1 Å². The Bertz CT molecular complexity index is 1250. The van der Waals surface area contributed by atoms with Gasteiger partial charge in [-0.1, -0.05) is 17.7 Å². The summed E-state index contributed by atoms with van der Waals surface area (Å²) in [6.45, 7) is 2.90. The number of hydrogen-bond acceptors (Lipinski definition) is 8. The van der Waals surface area contributed by atoms with Crippen molar-refractivity contribution in [1.29, 1.82) is 0 Å². The molecule has 2 aromatic heterocycles. The van der Waals surface area contributed by atoms with E-state index >= 15 is 0 Å². The number of rotatable bonds is 11. The van der Waals surface area contributed by atoms with Crippen LogP contribution in [0, 0.1) is 12.7 Å². The number of halogens is 1. The first kappa shape index (κ1) is 26.9. The molecule has 202 valence electrons. The van der Waals surface area contributed by atoms with Gasteiger partial charge < -0.3 is 29.2 Å². The zero-order chi connectivity index (χ0) is 27.1. The summed E-state index contributed by atoms with van der Waals surface area (Å²) in [5, 5.41) is 6.87. The van der Waals surface area contributed by atoms with E-state index in [-0.39, 0.29) is 43.0 Å².